The molecular weight excluding hydrogens is 332 g/mol. The van der Waals surface area contributed by atoms with Crippen LogP contribution in [0.2, 0.25) is 0 Å². The van der Waals surface area contributed by atoms with Crippen LogP contribution in [0.4, 0.5) is 0 Å². The normalized spacial score (nSPS) is 15.4. The van der Waals surface area contributed by atoms with Crippen LogP contribution in [0.25, 0.3) is 0 Å². The molecule has 22 heavy (non-hydrogen) atoms. The zero-order chi connectivity index (χ0) is 15.2. The molecule has 0 bridgehead atoms. The Labute approximate surface area is 142 Å². The summed E-state index contributed by atoms with van der Waals surface area (Å²) >= 11 is 4.93. The van der Waals surface area contributed by atoms with Crippen LogP contribution in [0, 0.1) is 0 Å². The minimum atomic E-state index is -0.0764. The minimum Gasteiger partial charge on any atom is -0.344 e. The molecule has 1 aromatic heterocycles. The predicted octanol–water partition coefficient (Wildman–Crippen LogP) is 3.79. The van der Waals surface area contributed by atoms with Crippen molar-refractivity contribution in [1.29, 1.82) is 0 Å². The molecule has 114 valence electrons. The van der Waals surface area contributed by atoms with Crippen molar-refractivity contribution in [2.45, 2.75) is 6.04 Å². The second-order valence-electron chi connectivity index (χ2n) is 4.71. The number of carbonyl (C=O) groups is 1. The van der Waals surface area contributed by atoms with Crippen LogP contribution in [0.5, 0.6) is 0 Å². The molecule has 0 saturated heterocycles. The van der Waals surface area contributed by atoms with E-state index in [-0.39, 0.29) is 11.9 Å². The van der Waals surface area contributed by atoms with Crippen molar-refractivity contribution in [3.05, 3.63) is 58.3 Å². The van der Waals surface area contributed by atoms with Crippen molar-refractivity contribution >= 4 is 45.1 Å². The first-order valence-electron chi connectivity index (χ1n) is 7.00. The van der Waals surface area contributed by atoms with Crippen LogP contribution in [0.15, 0.2) is 52.8 Å². The predicted molar refractivity (Wildman–Crippen MR) is 98.0 cm³/mol. The van der Waals surface area contributed by atoms with E-state index in [0.29, 0.717) is 5.75 Å². The fourth-order valence-electron chi connectivity index (χ4n) is 2.15. The van der Waals surface area contributed by atoms with Crippen LogP contribution >= 0.6 is 34.9 Å². The fourth-order valence-corrected chi connectivity index (χ4v) is 4.78. The summed E-state index contributed by atoms with van der Waals surface area (Å²) in [6.07, 6.45) is 0. The molecule has 6 heteroatoms. The first-order chi connectivity index (χ1) is 10.8. The van der Waals surface area contributed by atoms with Gasteiger partial charge in [0.05, 0.1) is 18.3 Å². The number of amides is 1. The number of carbonyl (C=O) groups excluding carboxylic acids is 1. The fraction of sp³-hybridized carbons (Fsp3) is 0.250. The third-order valence-corrected chi connectivity index (χ3v) is 6.34. The summed E-state index contributed by atoms with van der Waals surface area (Å²) in [6, 6.07) is 14.1. The standard InChI is InChI=1S/C16H16N2OS3/c19-14(11-22-16-17-8-10-21-16)18-15(13-7-4-9-20-13)12-5-2-1-3-6-12/h1-7,9,15H,8,10-11H2,(H,18,19). The Kier molecular flexibility index (Phi) is 5.58. The Balaban J connectivity index is 1.66. The van der Waals surface area contributed by atoms with Crippen molar-refractivity contribution < 1.29 is 4.79 Å². The molecule has 1 amide bonds. The third-order valence-electron chi connectivity index (χ3n) is 3.15. The van der Waals surface area contributed by atoms with Crippen molar-refractivity contribution in [2.24, 2.45) is 4.99 Å². The van der Waals surface area contributed by atoms with Gasteiger partial charge in [-0.25, -0.2) is 0 Å². The molecule has 0 spiro atoms. The largest absolute Gasteiger partial charge is 0.344 e. The molecule has 2 aromatic rings. The van der Waals surface area contributed by atoms with Gasteiger partial charge in [0.2, 0.25) is 5.91 Å². The zero-order valence-corrected chi connectivity index (χ0v) is 14.3. The number of rotatable bonds is 5. The molecular formula is C16H16N2OS3. The van der Waals surface area contributed by atoms with E-state index in [1.165, 1.54) is 11.8 Å². The lowest BCUT2D eigenvalue weighted by Crippen LogP contribution is -2.30. The zero-order valence-electron chi connectivity index (χ0n) is 11.9. The summed E-state index contributed by atoms with van der Waals surface area (Å²) in [4.78, 5) is 17.8. The summed E-state index contributed by atoms with van der Waals surface area (Å²) < 4.78 is 1.03. The molecule has 1 atom stereocenters. The topological polar surface area (TPSA) is 41.5 Å². The van der Waals surface area contributed by atoms with Crippen molar-refractivity contribution in [3.63, 3.8) is 0 Å². The van der Waals surface area contributed by atoms with Gasteiger partial charge in [-0.15, -0.1) is 11.3 Å². The van der Waals surface area contributed by atoms with Gasteiger partial charge in [-0.3, -0.25) is 9.79 Å². The highest BCUT2D eigenvalue weighted by Crippen LogP contribution is 2.26. The number of hydrogen-bond donors (Lipinski definition) is 1. The van der Waals surface area contributed by atoms with Crippen molar-refractivity contribution in [3.8, 4) is 0 Å². The van der Waals surface area contributed by atoms with E-state index in [0.717, 1.165) is 27.1 Å². The van der Waals surface area contributed by atoms with E-state index in [1.807, 2.05) is 29.6 Å². The minimum absolute atomic E-state index is 0.0439. The first kappa shape index (κ1) is 15.6. The summed E-state index contributed by atoms with van der Waals surface area (Å²) in [5.41, 5.74) is 1.11. The van der Waals surface area contributed by atoms with E-state index in [4.69, 9.17) is 0 Å². The summed E-state index contributed by atoms with van der Waals surface area (Å²) in [5, 5.41) is 5.18. The van der Waals surface area contributed by atoms with Gasteiger partial charge in [0, 0.05) is 10.6 Å². The molecule has 1 N–H and O–H groups in total. The monoisotopic (exact) mass is 348 g/mol. The number of benzene rings is 1. The van der Waals surface area contributed by atoms with Gasteiger partial charge in [0.15, 0.2) is 0 Å². The quantitative estimate of drug-likeness (QED) is 0.894. The van der Waals surface area contributed by atoms with E-state index in [1.54, 1.807) is 23.1 Å². The number of nitrogens with one attached hydrogen (secondary N) is 1. The van der Waals surface area contributed by atoms with Crippen LogP contribution in [-0.4, -0.2) is 28.3 Å². The highest BCUT2D eigenvalue weighted by molar-refractivity contribution is 8.39. The summed E-state index contributed by atoms with van der Waals surface area (Å²) in [7, 11) is 0. The molecule has 0 radical (unpaired) electrons. The van der Waals surface area contributed by atoms with E-state index in [9.17, 15) is 4.79 Å². The maximum atomic E-state index is 12.3. The molecule has 0 saturated carbocycles. The van der Waals surface area contributed by atoms with E-state index in [2.05, 4.69) is 28.5 Å². The Bertz CT molecular complexity index is 641. The second kappa shape index (κ2) is 7.85. The van der Waals surface area contributed by atoms with Crippen molar-refractivity contribution in [2.75, 3.05) is 18.1 Å². The average molecular weight is 349 g/mol. The van der Waals surface area contributed by atoms with Gasteiger partial charge in [0.1, 0.15) is 4.38 Å². The number of hydrogen-bond acceptors (Lipinski definition) is 5. The van der Waals surface area contributed by atoms with Crippen LogP contribution in [0.3, 0.4) is 0 Å². The van der Waals surface area contributed by atoms with Gasteiger partial charge in [-0.05, 0) is 17.0 Å². The van der Waals surface area contributed by atoms with Crippen LogP contribution in [0.1, 0.15) is 16.5 Å². The molecule has 3 nitrogen and oxygen atoms in total. The Hall–Kier alpha value is -1.24. The molecule has 1 aliphatic heterocycles. The third kappa shape index (κ3) is 4.15. The van der Waals surface area contributed by atoms with Gasteiger partial charge < -0.3 is 5.32 Å². The van der Waals surface area contributed by atoms with E-state index >= 15 is 0 Å². The number of nitrogens with zero attached hydrogens (tertiary/aromatic N) is 1. The molecule has 0 fully saturated rings. The average Bonchev–Trinajstić information content (AvgIpc) is 3.25. The van der Waals surface area contributed by atoms with E-state index < -0.39 is 0 Å². The van der Waals surface area contributed by atoms with Crippen LogP contribution < -0.4 is 5.32 Å². The summed E-state index contributed by atoms with van der Waals surface area (Å²) in [5.74, 6) is 1.49. The lowest BCUT2D eigenvalue weighted by molar-refractivity contribution is -0.119. The Morgan fingerprint density at radius 1 is 1.27 bits per heavy atom. The smallest absolute Gasteiger partial charge is 0.231 e. The molecule has 1 unspecified atom stereocenters. The number of thiophene rings is 1. The maximum Gasteiger partial charge on any atom is 0.231 e. The van der Waals surface area contributed by atoms with Gasteiger partial charge in [0.25, 0.3) is 0 Å². The molecule has 0 aliphatic carbocycles. The summed E-state index contributed by atoms with van der Waals surface area (Å²) in [6.45, 7) is 0.871. The van der Waals surface area contributed by atoms with Gasteiger partial charge >= 0.3 is 0 Å². The van der Waals surface area contributed by atoms with Crippen LogP contribution in [-0.2, 0) is 4.79 Å². The molecule has 1 aliphatic rings. The van der Waals surface area contributed by atoms with Gasteiger partial charge in [-0.1, -0.05) is 59.9 Å². The Morgan fingerprint density at radius 2 is 2.14 bits per heavy atom. The molecule has 1 aromatic carbocycles. The molecule has 2 heterocycles. The lowest BCUT2D eigenvalue weighted by atomic mass is 10.1. The highest BCUT2D eigenvalue weighted by atomic mass is 32.2. The SMILES string of the molecule is O=C(CSC1=NCCS1)NC(c1ccccc1)c1cccs1. The highest BCUT2D eigenvalue weighted by Gasteiger charge is 2.18. The maximum absolute atomic E-state index is 12.3. The lowest BCUT2D eigenvalue weighted by Gasteiger charge is -2.18. The number of thioether (sulfide) groups is 2. The molecule has 3 rings (SSSR count). The number of aliphatic imine (C=N–C) groups is 1. The van der Waals surface area contributed by atoms with Gasteiger partial charge in [-0.2, -0.15) is 0 Å². The second-order valence-corrected chi connectivity index (χ2v) is 8.00. The Morgan fingerprint density at radius 3 is 2.82 bits per heavy atom. The first-order valence-corrected chi connectivity index (χ1v) is 9.86. The van der Waals surface area contributed by atoms with Crippen molar-refractivity contribution in [1.82, 2.24) is 5.32 Å².